The Bertz CT molecular complexity index is 1270. The Morgan fingerprint density at radius 3 is 2.32 bits per heavy atom. The maximum atomic E-state index is 12.6. The average Bonchev–Trinajstić information content (AvgIpc) is 2.80. The number of non-ortho nitro benzene ring substituents is 1. The van der Waals surface area contributed by atoms with Crippen LogP contribution in [-0.2, 0) is 4.79 Å². The molecule has 3 aromatic rings. The summed E-state index contributed by atoms with van der Waals surface area (Å²) in [5.74, 6) is -1.97. The van der Waals surface area contributed by atoms with Crippen LogP contribution in [0.5, 0.6) is 0 Å². The van der Waals surface area contributed by atoms with Gasteiger partial charge >= 0.3 is 5.97 Å². The second kappa shape index (κ2) is 10.8. The van der Waals surface area contributed by atoms with Crippen molar-refractivity contribution in [3.63, 3.8) is 0 Å². The molecule has 0 aliphatic rings. The number of carboxylic acids is 1. The van der Waals surface area contributed by atoms with Gasteiger partial charge in [0, 0.05) is 34.0 Å². The van der Waals surface area contributed by atoms with Crippen LogP contribution in [0.2, 0.25) is 5.02 Å². The Kier molecular flexibility index (Phi) is 7.87. The summed E-state index contributed by atoms with van der Waals surface area (Å²) in [7, 11) is 0. The van der Waals surface area contributed by atoms with Crippen LogP contribution < -0.4 is 10.6 Å². The Labute approximate surface area is 203 Å². The summed E-state index contributed by atoms with van der Waals surface area (Å²) in [5.41, 5.74) is 0.837. The molecule has 174 valence electrons. The first-order chi connectivity index (χ1) is 16.1. The van der Waals surface area contributed by atoms with Gasteiger partial charge in [0.2, 0.25) is 5.91 Å². The highest BCUT2D eigenvalue weighted by atomic mass is 35.5. The molecule has 2 amide bonds. The molecule has 11 heteroatoms. The number of aromatic carboxylic acids is 1. The van der Waals surface area contributed by atoms with E-state index in [9.17, 15) is 24.5 Å². The molecule has 0 saturated heterocycles. The zero-order valence-corrected chi connectivity index (χ0v) is 19.2. The van der Waals surface area contributed by atoms with Crippen molar-refractivity contribution >= 4 is 58.2 Å². The molecule has 0 spiro atoms. The molecule has 1 unspecified atom stereocenters. The van der Waals surface area contributed by atoms with Crippen LogP contribution in [0.1, 0.15) is 27.6 Å². The predicted molar refractivity (Wildman–Crippen MR) is 130 cm³/mol. The average molecular weight is 500 g/mol. The summed E-state index contributed by atoms with van der Waals surface area (Å²) in [6.07, 6.45) is 0. The number of carbonyl (C=O) groups is 3. The molecule has 3 N–H and O–H groups in total. The van der Waals surface area contributed by atoms with Gasteiger partial charge in [0.25, 0.3) is 11.6 Å². The maximum Gasteiger partial charge on any atom is 0.337 e. The number of nitrogens with one attached hydrogen (secondary N) is 2. The lowest BCUT2D eigenvalue weighted by Gasteiger charge is -2.14. The summed E-state index contributed by atoms with van der Waals surface area (Å²) in [5, 5.41) is 24.8. The second-order valence-corrected chi connectivity index (χ2v) is 8.86. The minimum atomic E-state index is -1.20. The van der Waals surface area contributed by atoms with Crippen LogP contribution in [0.3, 0.4) is 0 Å². The third-order valence-corrected chi connectivity index (χ3v) is 6.00. The van der Waals surface area contributed by atoms with E-state index in [0.29, 0.717) is 16.3 Å². The number of nitro groups is 1. The molecule has 0 bridgehead atoms. The molecule has 0 aliphatic carbocycles. The van der Waals surface area contributed by atoms with Crippen molar-refractivity contribution in [3.05, 3.63) is 93.0 Å². The van der Waals surface area contributed by atoms with E-state index < -0.39 is 22.0 Å². The van der Waals surface area contributed by atoms with Gasteiger partial charge in [-0.1, -0.05) is 17.7 Å². The molecule has 34 heavy (non-hydrogen) atoms. The highest BCUT2D eigenvalue weighted by Gasteiger charge is 2.17. The van der Waals surface area contributed by atoms with E-state index in [4.69, 9.17) is 16.7 Å². The van der Waals surface area contributed by atoms with E-state index in [-0.39, 0.29) is 27.7 Å². The summed E-state index contributed by atoms with van der Waals surface area (Å²) in [6, 6.07) is 16.3. The number of nitrogens with zero attached hydrogens (tertiary/aromatic N) is 1. The molecule has 0 radical (unpaired) electrons. The number of benzene rings is 3. The maximum absolute atomic E-state index is 12.6. The van der Waals surface area contributed by atoms with Crippen molar-refractivity contribution in [2.45, 2.75) is 17.1 Å². The minimum absolute atomic E-state index is 0.0699. The minimum Gasteiger partial charge on any atom is -0.478 e. The largest absolute Gasteiger partial charge is 0.478 e. The third-order valence-electron chi connectivity index (χ3n) is 4.58. The molecule has 9 nitrogen and oxygen atoms in total. The number of thioether (sulfide) groups is 1. The SMILES string of the molecule is CC(Sc1cccc(NC(=O)c2ccc([N+](=O)[O-])cc2)c1)C(=O)Nc1ccc(Cl)c(C(=O)O)c1. The van der Waals surface area contributed by atoms with Crippen LogP contribution in [0.15, 0.2) is 71.6 Å². The predicted octanol–water partition coefficient (Wildman–Crippen LogP) is 5.32. The first-order valence-corrected chi connectivity index (χ1v) is 11.1. The standard InChI is InChI=1S/C23H18ClN3O6S/c1-13(21(28)25-16-7-10-20(24)19(12-16)23(30)31)34-18-4-2-3-15(11-18)26-22(29)14-5-8-17(9-6-14)27(32)33/h2-13H,1H3,(H,25,28)(H,26,29)(H,30,31). The summed E-state index contributed by atoms with van der Waals surface area (Å²) < 4.78 is 0. The second-order valence-electron chi connectivity index (χ2n) is 7.04. The molecular formula is C23H18ClN3O6S. The van der Waals surface area contributed by atoms with Crippen molar-refractivity contribution in [1.82, 2.24) is 0 Å². The first kappa shape index (κ1) is 24.7. The van der Waals surface area contributed by atoms with Crippen molar-refractivity contribution in [2.24, 2.45) is 0 Å². The fraction of sp³-hybridized carbons (Fsp3) is 0.0870. The summed E-state index contributed by atoms with van der Waals surface area (Å²) >= 11 is 7.10. The van der Waals surface area contributed by atoms with Crippen LogP contribution in [0.4, 0.5) is 17.1 Å². The van der Waals surface area contributed by atoms with Crippen molar-refractivity contribution < 1.29 is 24.4 Å². The lowest BCUT2D eigenvalue weighted by molar-refractivity contribution is -0.384. The van der Waals surface area contributed by atoms with Crippen LogP contribution in [0, 0.1) is 10.1 Å². The molecule has 1 atom stereocenters. The van der Waals surface area contributed by atoms with Gasteiger partial charge in [-0.05, 0) is 55.5 Å². The lowest BCUT2D eigenvalue weighted by atomic mass is 10.2. The number of halogens is 1. The lowest BCUT2D eigenvalue weighted by Crippen LogP contribution is -2.22. The monoisotopic (exact) mass is 499 g/mol. The van der Waals surface area contributed by atoms with E-state index in [1.165, 1.54) is 54.2 Å². The van der Waals surface area contributed by atoms with Crippen LogP contribution >= 0.6 is 23.4 Å². The summed E-state index contributed by atoms with van der Waals surface area (Å²) in [4.78, 5) is 47.1. The molecule has 0 saturated carbocycles. The molecule has 0 aromatic heterocycles. The third kappa shape index (κ3) is 6.33. The fourth-order valence-corrected chi connectivity index (χ4v) is 3.98. The Morgan fingerprint density at radius 2 is 1.68 bits per heavy atom. The van der Waals surface area contributed by atoms with Crippen molar-refractivity contribution in [2.75, 3.05) is 10.6 Å². The number of hydrogen-bond acceptors (Lipinski definition) is 6. The molecule has 3 aromatic carbocycles. The van der Waals surface area contributed by atoms with Gasteiger partial charge in [0.05, 0.1) is 20.8 Å². The molecule has 3 rings (SSSR count). The van der Waals surface area contributed by atoms with Crippen molar-refractivity contribution in [1.29, 1.82) is 0 Å². The zero-order valence-electron chi connectivity index (χ0n) is 17.7. The summed E-state index contributed by atoms with van der Waals surface area (Å²) in [6.45, 7) is 1.69. The van der Waals surface area contributed by atoms with E-state index in [1.54, 1.807) is 31.2 Å². The van der Waals surface area contributed by atoms with Crippen molar-refractivity contribution in [3.8, 4) is 0 Å². The molecule has 0 heterocycles. The number of carboxylic acid groups (broad SMARTS) is 1. The van der Waals surface area contributed by atoms with Gasteiger partial charge in [-0.2, -0.15) is 0 Å². The van der Waals surface area contributed by atoms with E-state index in [1.807, 2.05) is 0 Å². The van der Waals surface area contributed by atoms with Gasteiger partial charge < -0.3 is 15.7 Å². The zero-order chi connectivity index (χ0) is 24.8. The molecule has 0 fully saturated rings. The Balaban J connectivity index is 1.63. The number of amides is 2. The molecule has 0 aliphatic heterocycles. The number of carbonyl (C=O) groups excluding carboxylic acids is 2. The van der Waals surface area contributed by atoms with Gasteiger partial charge in [0.15, 0.2) is 0 Å². The quantitative estimate of drug-likeness (QED) is 0.216. The highest BCUT2D eigenvalue weighted by molar-refractivity contribution is 8.00. The van der Waals surface area contributed by atoms with Gasteiger partial charge in [0.1, 0.15) is 0 Å². The number of hydrogen-bond donors (Lipinski definition) is 3. The van der Waals surface area contributed by atoms with Crippen LogP contribution in [0.25, 0.3) is 0 Å². The van der Waals surface area contributed by atoms with Gasteiger partial charge in [-0.3, -0.25) is 19.7 Å². The first-order valence-electron chi connectivity index (χ1n) is 9.80. The molecular weight excluding hydrogens is 482 g/mol. The van der Waals surface area contributed by atoms with Gasteiger partial charge in [-0.25, -0.2) is 4.79 Å². The van der Waals surface area contributed by atoms with Crippen LogP contribution in [-0.4, -0.2) is 33.1 Å². The Morgan fingerprint density at radius 1 is 1.00 bits per heavy atom. The topological polar surface area (TPSA) is 139 Å². The normalized spacial score (nSPS) is 11.4. The Hall–Kier alpha value is -3.89. The van der Waals surface area contributed by atoms with E-state index in [0.717, 1.165) is 0 Å². The van der Waals surface area contributed by atoms with Gasteiger partial charge in [-0.15, -0.1) is 11.8 Å². The van der Waals surface area contributed by atoms with E-state index >= 15 is 0 Å². The number of rotatable bonds is 8. The number of nitro benzene ring substituents is 1. The smallest absolute Gasteiger partial charge is 0.337 e. The fourth-order valence-electron chi connectivity index (χ4n) is 2.85. The number of anilines is 2. The highest BCUT2D eigenvalue weighted by Crippen LogP contribution is 2.28. The van der Waals surface area contributed by atoms with E-state index in [2.05, 4.69) is 10.6 Å².